The molecule has 0 aromatic carbocycles. The van der Waals surface area contributed by atoms with Crippen molar-refractivity contribution in [2.45, 2.75) is 24.6 Å². The lowest BCUT2D eigenvalue weighted by Gasteiger charge is -2.29. The Kier molecular flexibility index (Phi) is 2.09. The van der Waals surface area contributed by atoms with Gasteiger partial charge in [0, 0.05) is 5.92 Å². The van der Waals surface area contributed by atoms with E-state index in [4.69, 9.17) is 0 Å². The van der Waals surface area contributed by atoms with Crippen molar-refractivity contribution in [3.8, 4) is 0 Å². The molecule has 1 saturated carbocycles. The molecule has 5 atom stereocenters. The van der Waals surface area contributed by atoms with E-state index in [1.54, 1.807) is 0 Å². The molecule has 0 aromatic heterocycles. The van der Waals surface area contributed by atoms with Crippen LogP contribution in [0.1, 0.15) is 0 Å². The fourth-order valence-electron chi connectivity index (χ4n) is 2.05. The van der Waals surface area contributed by atoms with Gasteiger partial charge in [-0.2, -0.15) is 0 Å². The molecule has 2 rings (SSSR count). The molecule has 0 aromatic rings. The Balaban J connectivity index is 2.26. The third-order valence-corrected chi connectivity index (χ3v) is 2.69. The van der Waals surface area contributed by atoms with Crippen LogP contribution in [0.25, 0.3) is 0 Å². The number of rotatable bonds is 1. The van der Waals surface area contributed by atoms with Gasteiger partial charge in [-0.25, -0.2) is 13.2 Å². The molecule has 1 fully saturated rings. The van der Waals surface area contributed by atoms with Crippen LogP contribution in [0, 0.1) is 11.8 Å². The summed E-state index contributed by atoms with van der Waals surface area (Å²) in [5, 5.41) is 0. The van der Waals surface area contributed by atoms with Gasteiger partial charge >= 0.3 is 6.36 Å². The summed E-state index contributed by atoms with van der Waals surface area (Å²) in [4.78, 5) is 0. The molecule has 7 heteroatoms. The molecular formula is C8H6F6O. The van der Waals surface area contributed by atoms with E-state index < -0.39 is 36.4 Å². The summed E-state index contributed by atoms with van der Waals surface area (Å²) in [6, 6.07) is 0. The number of allylic oxidation sites excluding steroid dienone is 1. The molecule has 0 amide bonds. The van der Waals surface area contributed by atoms with Crippen LogP contribution in [-0.2, 0) is 4.74 Å². The minimum absolute atomic E-state index is 0.886. The van der Waals surface area contributed by atoms with E-state index >= 15 is 0 Å². The number of alkyl halides is 6. The second-order valence-electron chi connectivity index (χ2n) is 3.58. The highest BCUT2D eigenvalue weighted by atomic mass is 19.4. The van der Waals surface area contributed by atoms with Gasteiger partial charge in [-0.15, -0.1) is 13.2 Å². The fraction of sp³-hybridized carbons (Fsp3) is 0.750. The topological polar surface area (TPSA) is 9.23 Å². The fourth-order valence-corrected chi connectivity index (χ4v) is 2.05. The third-order valence-electron chi connectivity index (χ3n) is 2.69. The maximum Gasteiger partial charge on any atom is 0.525 e. The van der Waals surface area contributed by atoms with Crippen molar-refractivity contribution in [3.63, 3.8) is 0 Å². The molecule has 0 aliphatic heterocycles. The SMILES string of the molecule is FC1C2C=CC1C(F)(OC(F)(F)F)C2F. The summed E-state index contributed by atoms with van der Waals surface area (Å²) in [6.07, 6.45) is -8.01. The Bertz CT molecular complexity index is 300. The van der Waals surface area contributed by atoms with Gasteiger partial charge in [0.25, 0.3) is 5.85 Å². The molecule has 0 radical (unpaired) electrons. The Morgan fingerprint density at radius 3 is 2.13 bits per heavy atom. The van der Waals surface area contributed by atoms with Crippen LogP contribution in [0.2, 0.25) is 0 Å². The van der Waals surface area contributed by atoms with E-state index in [0.717, 1.165) is 12.2 Å². The van der Waals surface area contributed by atoms with Gasteiger partial charge in [0.05, 0.1) is 5.92 Å². The second-order valence-corrected chi connectivity index (χ2v) is 3.58. The van der Waals surface area contributed by atoms with Crippen LogP contribution < -0.4 is 0 Å². The van der Waals surface area contributed by atoms with Gasteiger partial charge < -0.3 is 0 Å². The summed E-state index contributed by atoms with van der Waals surface area (Å²) in [7, 11) is 0. The van der Waals surface area contributed by atoms with Gasteiger partial charge in [0.15, 0.2) is 6.17 Å². The van der Waals surface area contributed by atoms with Crippen molar-refractivity contribution >= 4 is 0 Å². The molecule has 2 aliphatic carbocycles. The monoisotopic (exact) mass is 232 g/mol. The first-order valence-electron chi connectivity index (χ1n) is 4.18. The van der Waals surface area contributed by atoms with Crippen LogP contribution in [0.15, 0.2) is 12.2 Å². The Morgan fingerprint density at radius 1 is 1.13 bits per heavy atom. The molecule has 2 bridgehead atoms. The zero-order valence-electron chi connectivity index (χ0n) is 7.14. The molecule has 0 spiro atoms. The van der Waals surface area contributed by atoms with Crippen LogP contribution in [-0.4, -0.2) is 24.6 Å². The minimum Gasteiger partial charge on any atom is -0.250 e. The maximum absolute atomic E-state index is 13.5. The normalized spacial score (nSPS) is 48.9. The predicted molar refractivity (Wildman–Crippen MR) is 36.9 cm³/mol. The molecule has 0 heterocycles. The molecule has 15 heavy (non-hydrogen) atoms. The van der Waals surface area contributed by atoms with E-state index in [1.165, 1.54) is 0 Å². The molecule has 5 unspecified atom stereocenters. The molecule has 2 aliphatic rings. The zero-order valence-corrected chi connectivity index (χ0v) is 7.14. The van der Waals surface area contributed by atoms with E-state index in [-0.39, 0.29) is 0 Å². The zero-order chi connectivity index (χ0) is 11.4. The van der Waals surface area contributed by atoms with E-state index in [1.807, 2.05) is 0 Å². The van der Waals surface area contributed by atoms with Crippen molar-refractivity contribution in [3.05, 3.63) is 12.2 Å². The molecule has 0 saturated heterocycles. The summed E-state index contributed by atoms with van der Waals surface area (Å²) in [6.45, 7) is 0. The molecular weight excluding hydrogens is 226 g/mol. The van der Waals surface area contributed by atoms with Crippen molar-refractivity contribution < 1.29 is 31.1 Å². The summed E-state index contributed by atoms with van der Waals surface area (Å²) >= 11 is 0. The second kappa shape index (κ2) is 2.90. The standard InChI is InChI=1S/C8H6F6O/c9-5-3-1-2-4(5)7(11,6(3)10)15-8(12,13)14/h1-6H. The quantitative estimate of drug-likeness (QED) is 0.499. The third kappa shape index (κ3) is 1.44. The lowest BCUT2D eigenvalue weighted by molar-refractivity contribution is -0.406. The van der Waals surface area contributed by atoms with E-state index in [9.17, 15) is 26.3 Å². The summed E-state index contributed by atoms with van der Waals surface area (Å²) in [5.74, 6) is -6.93. The lowest BCUT2D eigenvalue weighted by Crippen LogP contribution is -2.45. The highest BCUT2D eigenvalue weighted by molar-refractivity contribution is 5.23. The van der Waals surface area contributed by atoms with Gasteiger partial charge in [0.2, 0.25) is 0 Å². The van der Waals surface area contributed by atoms with Crippen molar-refractivity contribution in [1.29, 1.82) is 0 Å². The maximum atomic E-state index is 13.5. The lowest BCUT2D eigenvalue weighted by atomic mass is 10.00. The van der Waals surface area contributed by atoms with E-state index in [0.29, 0.717) is 0 Å². The average Bonchev–Trinajstić information content (AvgIpc) is 2.47. The summed E-state index contributed by atoms with van der Waals surface area (Å²) in [5.41, 5.74) is 0. The van der Waals surface area contributed by atoms with Gasteiger partial charge in [-0.05, 0) is 0 Å². The van der Waals surface area contributed by atoms with E-state index in [2.05, 4.69) is 4.74 Å². The van der Waals surface area contributed by atoms with Crippen LogP contribution in [0.5, 0.6) is 0 Å². The first kappa shape index (κ1) is 10.8. The number of hydrogen-bond donors (Lipinski definition) is 0. The largest absolute Gasteiger partial charge is 0.525 e. The van der Waals surface area contributed by atoms with Crippen molar-refractivity contribution in [2.75, 3.05) is 0 Å². The first-order chi connectivity index (χ1) is 6.76. The number of ether oxygens (including phenoxy) is 1. The Hall–Kier alpha value is -0.720. The highest BCUT2D eigenvalue weighted by Gasteiger charge is 2.68. The first-order valence-corrected chi connectivity index (χ1v) is 4.18. The molecule has 0 N–H and O–H groups in total. The van der Waals surface area contributed by atoms with Crippen LogP contribution in [0.3, 0.4) is 0 Å². The van der Waals surface area contributed by atoms with Crippen molar-refractivity contribution in [1.82, 2.24) is 0 Å². The summed E-state index contributed by atoms with van der Waals surface area (Å²) < 4.78 is 78.3. The average molecular weight is 232 g/mol. The number of halogens is 6. The highest BCUT2D eigenvalue weighted by Crippen LogP contribution is 2.54. The predicted octanol–water partition coefficient (Wildman–Crippen LogP) is 2.68. The minimum atomic E-state index is -5.32. The Labute approximate surface area is 80.7 Å². The number of fused-ring (bicyclic) bond motifs is 2. The van der Waals surface area contributed by atoms with Gasteiger partial charge in [0.1, 0.15) is 6.17 Å². The van der Waals surface area contributed by atoms with Crippen LogP contribution in [0.4, 0.5) is 26.3 Å². The Morgan fingerprint density at radius 2 is 1.73 bits per heavy atom. The van der Waals surface area contributed by atoms with Crippen molar-refractivity contribution in [2.24, 2.45) is 11.8 Å². The molecule has 86 valence electrons. The smallest absolute Gasteiger partial charge is 0.250 e. The molecule has 1 nitrogen and oxygen atoms in total. The van der Waals surface area contributed by atoms with Gasteiger partial charge in [-0.1, -0.05) is 12.2 Å². The number of hydrogen-bond acceptors (Lipinski definition) is 1. The van der Waals surface area contributed by atoms with Gasteiger partial charge in [-0.3, -0.25) is 4.74 Å². The van der Waals surface area contributed by atoms with Crippen LogP contribution >= 0.6 is 0 Å².